The molecule has 0 atom stereocenters. The maximum atomic E-state index is 13.0. The number of oxazole rings is 1. The van der Waals surface area contributed by atoms with Gasteiger partial charge in [-0.25, -0.2) is 14.4 Å². The van der Waals surface area contributed by atoms with E-state index in [-0.39, 0.29) is 5.82 Å². The molecule has 120 valence electrons. The average molecular weight is 339 g/mol. The van der Waals surface area contributed by atoms with E-state index in [1.807, 2.05) is 13.0 Å². The van der Waals surface area contributed by atoms with Crippen LogP contribution >= 0.6 is 11.8 Å². The lowest BCUT2D eigenvalue weighted by Crippen LogP contribution is -1.81. The van der Waals surface area contributed by atoms with E-state index in [0.717, 1.165) is 33.7 Å². The van der Waals surface area contributed by atoms with Crippen LogP contribution in [-0.2, 0) is 5.75 Å². The number of imidazole rings is 1. The van der Waals surface area contributed by atoms with Crippen molar-refractivity contribution in [3.05, 3.63) is 65.9 Å². The smallest absolute Gasteiger partial charge is 0.256 e. The fraction of sp³-hybridized carbons (Fsp3) is 0.111. The summed E-state index contributed by atoms with van der Waals surface area (Å²) in [6.45, 7) is 1.94. The Morgan fingerprint density at radius 2 is 2.00 bits per heavy atom. The number of thioether (sulfide) groups is 1. The number of hydrogen-bond acceptors (Lipinski definition) is 4. The lowest BCUT2D eigenvalue weighted by atomic mass is 10.2. The number of aromatic nitrogens is 3. The van der Waals surface area contributed by atoms with E-state index in [1.165, 1.54) is 23.9 Å². The van der Waals surface area contributed by atoms with Crippen molar-refractivity contribution in [1.29, 1.82) is 0 Å². The van der Waals surface area contributed by atoms with E-state index in [0.29, 0.717) is 11.0 Å². The number of nitrogens with one attached hydrogen (secondary N) is 1. The third-order valence-electron chi connectivity index (χ3n) is 3.64. The zero-order valence-corrected chi connectivity index (χ0v) is 13.7. The number of rotatable bonds is 4. The first-order chi connectivity index (χ1) is 11.7. The van der Waals surface area contributed by atoms with Gasteiger partial charge in [0.1, 0.15) is 11.6 Å². The second-order valence-corrected chi connectivity index (χ2v) is 6.39. The van der Waals surface area contributed by atoms with Gasteiger partial charge < -0.3 is 9.40 Å². The largest absolute Gasteiger partial charge is 0.431 e. The molecule has 2 aromatic carbocycles. The van der Waals surface area contributed by atoms with Crippen LogP contribution in [0.15, 0.2) is 58.3 Å². The topological polar surface area (TPSA) is 54.7 Å². The Bertz CT molecular complexity index is 991. The molecule has 0 bridgehead atoms. The molecule has 2 heterocycles. The van der Waals surface area contributed by atoms with Gasteiger partial charge in [0, 0.05) is 11.3 Å². The van der Waals surface area contributed by atoms with Crippen LogP contribution in [0.4, 0.5) is 4.39 Å². The van der Waals surface area contributed by atoms with Crippen molar-refractivity contribution in [2.45, 2.75) is 17.9 Å². The Kier molecular flexibility index (Phi) is 3.82. The minimum atomic E-state index is -0.266. The Balaban J connectivity index is 1.48. The monoisotopic (exact) mass is 339 g/mol. The molecule has 1 N–H and O–H groups in total. The van der Waals surface area contributed by atoms with Crippen molar-refractivity contribution in [1.82, 2.24) is 15.0 Å². The number of benzene rings is 2. The molecule has 4 rings (SSSR count). The van der Waals surface area contributed by atoms with Crippen molar-refractivity contribution >= 4 is 22.8 Å². The van der Waals surface area contributed by atoms with E-state index < -0.39 is 0 Å². The quantitative estimate of drug-likeness (QED) is 0.534. The summed E-state index contributed by atoms with van der Waals surface area (Å²) in [5, 5.41) is 0.593. The van der Waals surface area contributed by atoms with Crippen LogP contribution in [0.25, 0.3) is 22.4 Å². The molecule has 0 aliphatic rings. The van der Waals surface area contributed by atoms with Gasteiger partial charge in [-0.15, -0.1) is 0 Å². The first-order valence-electron chi connectivity index (χ1n) is 7.47. The standard InChI is InChI=1S/C18H14FN3OS/c1-11-21-15-7-2-12(8-16(15)22-11)10-24-18-20-9-17(23-18)13-3-5-14(19)6-4-13/h2-9H,10H2,1H3,(H,21,22). The second-order valence-electron chi connectivity index (χ2n) is 5.46. The summed E-state index contributed by atoms with van der Waals surface area (Å²) in [7, 11) is 0. The molecule has 0 amide bonds. The zero-order valence-electron chi connectivity index (χ0n) is 12.9. The number of halogens is 1. The Hall–Kier alpha value is -2.60. The summed E-state index contributed by atoms with van der Waals surface area (Å²) >= 11 is 1.52. The van der Waals surface area contributed by atoms with Crippen LogP contribution in [0.1, 0.15) is 11.4 Å². The van der Waals surface area contributed by atoms with Gasteiger partial charge in [0.15, 0.2) is 5.76 Å². The number of aromatic amines is 1. The first kappa shape index (κ1) is 15.0. The third kappa shape index (κ3) is 3.05. The van der Waals surface area contributed by atoms with Crippen molar-refractivity contribution in [3.63, 3.8) is 0 Å². The highest BCUT2D eigenvalue weighted by Gasteiger charge is 2.08. The lowest BCUT2D eigenvalue weighted by Gasteiger charge is -1.99. The molecule has 4 aromatic rings. The fourth-order valence-corrected chi connectivity index (χ4v) is 3.24. The SMILES string of the molecule is Cc1nc2ccc(CSc3ncc(-c4ccc(F)cc4)o3)cc2[nH]1. The number of fused-ring (bicyclic) bond motifs is 1. The number of nitrogens with zero attached hydrogens (tertiary/aromatic N) is 2. The van der Waals surface area contributed by atoms with Crippen molar-refractivity contribution < 1.29 is 8.81 Å². The summed E-state index contributed by atoms with van der Waals surface area (Å²) in [5.74, 6) is 2.03. The predicted molar refractivity (Wildman–Crippen MR) is 92.3 cm³/mol. The van der Waals surface area contributed by atoms with Crippen LogP contribution in [0.3, 0.4) is 0 Å². The van der Waals surface area contributed by atoms with Gasteiger partial charge in [0.25, 0.3) is 5.22 Å². The van der Waals surface area contributed by atoms with Gasteiger partial charge in [-0.05, 0) is 48.9 Å². The van der Waals surface area contributed by atoms with Crippen LogP contribution in [0.2, 0.25) is 0 Å². The van der Waals surface area contributed by atoms with Gasteiger partial charge in [-0.1, -0.05) is 17.8 Å². The highest BCUT2D eigenvalue weighted by Crippen LogP contribution is 2.28. The molecule has 24 heavy (non-hydrogen) atoms. The molecule has 0 aliphatic carbocycles. The zero-order chi connectivity index (χ0) is 16.5. The van der Waals surface area contributed by atoms with E-state index >= 15 is 0 Å². The van der Waals surface area contributed by atoms with Crippen LogP contribution < -0.4 is 0 Å². The van der Waals surface area contributed by atoms with Gasteiger partial charge >= 0.3 is 0 Å². The molecule has 0 saturated heterocycles. The van der Waals surface area contributed by atoms with Crippen molar-refractivity contribution in [2.24, 2.45) is 0 Å². The summed E-state index contributed by atoms with van der Waals surface area (Å²) in [6, 6.07) is 12.3. The molecule has 0 spiro atoms. The highest BCUT2D eigenvalue weighted by molar-refractivity contribution is 7.98. The van der Waals surface area contributed by atoms with E-state index in [9.17, 15) is 4.39 Å². The second kappa shape index (κ2) is 6.13. The van der Waals surface area contributed by atoms with Crippen molar-refractivity contribution in [3.8, 4) is 11.3 Å². The lowest BCUT2D eigenvalue weighted by molar-refractivity contribution is 0.466. The van der Waals surface area contributed by atoms with Crippen LogP contribution in [0.5, 0.6) is 0 Å². The fourth-order valence-electron chi connectivity index (χ4n) is 2.49. The Morgan fingerprint density at radius 3 is 2.83 bits per heavy atom. The summed E-state index contributed by atoms with van der Waals surface area (Å²) in [4.78, 5) is 11.9. The van der Waals surface area contributed by atoms with E-state index in [4.69, 9.17) is 4.42 Å². The molecule has 0 aliphatic heterocycles. The molecule has 0 radical (unpaired) electrons. The summed E-state index contributed by atoms with van der Waals surface area (Å²) in [5.41, 5.74) is 3.98. The molecule has 0 saturated carbocycles. The number of aryl methyl sites for hydroxylation is 1. The van der Waals surface area contributed by atoms with Crippen LogP contribution in [0, 0.1) is 12.7 Å². The normalized spacial score (nSPS) is 11.2. The van der Waals surface area contributed by atoms with Gasteiger partial charge in [-0.2, -0.15) is 0 Å². The molecule has 4 nitrogen and oxygen atoms in total. The first-order valence-corrected chi connectivity index (χ1v) is 8.46. The molecule has 2 aromatic heterocycles. The number of hydrogen-bond donors (Lipinski definition) is 1. The van der Waals surface area contributed by atoms with Crippen LogP contribution in [-0.4, -0.2) is 15.0 Å². The minimum absolute atomic E-state index is 0.266. The number of H-pyrrole nitrogens is 1. The molecule has 0 unspecified atom stereocenters. The minimum Gasteiger partial charge on any atom is -0.431 e. The van der Waals surface area contributed by atoms with Gasteiger partial charge in [0.05, 0.1) is 17.2 Å². The molecule has 6 heteroatoms. The van der Waals surface area contributed by atoms with Crippen molar-refractivity contribution in [2.75, 3.05) is 0 Å². The maximum Gasteiger partial charge on any atom is 0.256 e. The van der Waals surface area contributed by atoms with Gasteiger partial charge in [0.2, 0.25) is 0 Å². The molecule has 0 fully saturated rings. The maximum absolute atomic E-state index is 13.0. The van der Waals surface area contributed by atoms with E-state index in [1.54, 1.807) is 18.3 Å². The molecular formula is C18H14FN3OS. The van der Waals surface area contributed by atoms with Gasteiger partial charge in [-0.3, -0.25) is 0 Å². The Morgan fingerprint density at radius 1 is 1.17 bits per heavy atom. The molecular weight excluding hydrogens is 325 g/mol. The Labute approximate surface area is 142 Å². The average Bonchev–Trinajstić information content (AvgIpc) is 3.18. The highest BCUT2D eigenvalue weighted by atomic mass is 32.2. The predicted octanol–water partition coefficient (Wildman–Crippen LogP) is 4.96. The summed E-state index contributed by atoms with van der Waals surface area (Å²) < 4.78 is 18.7. The third-order valence-corrected chi connectivity index (χ3v) is 4.55. The summed E-state index contributed by atoms with van der Waals surface area (Å²) in [6.07, 6.45) is 1.66. The van der Waals surface area contributed by atoms with E-state index in [2.05, 4.69) is 27.1 Å².